The van der Waals surface area contributed by atoms with Gasteiger partial charge < -0.3 is 14.8 Å². The van der Waals surface area contributed by atoms with Gasteiger partial charge in [0.25, 0.3) is 5.91 Å². The van der Waals surface area contributed by atoms with Gasteiger partial charge in [-0.25, -0.2) is 9.69 Å². The van der Waals surface area contributed by atoms with Gasteiger partial charge in [0.05, 0.1) is 29.0 Å². The Bertz CT molecular complexity index is 1590. The zero-order valence-corrected chi connectivity index (χ0v) is 23.0. The highest BCUT2D eigenvalue weighted by Crippen LogP contribution is 2.47. The lowest BCUT2D eigenvalue weighted by atomic mass is 9.80. The van der Waals surface area contributed by atoms with Crippen molar-refractivity contribution in [2.75, 3.05) is 30.3 Å². The molecule has 2 saturated heterocycles. The summed E-state index contributed by atoms with van der Waals surface area (Å²) < 4.78 is 0. The second-order valence-corrected chi connectivity index (χ2v) is 10.8. The fourth-order valence-corrected chi connectivity index (χ4v) is 6.18. The first-order valence-electron chi connectivity index (χ1n) is 12.3. The van der Waals surface area contributed by atoms with Gasteiger partial charge in [-0.15, -0.1) is 5.23 Å². The van der Waals surface area contributed by atoms with Crippen LogP contribution in [0.15, 0.2) is 60.7 Å². The molecule has 0 saturated carbocycles. The molecule has 3 aromatic rings. The lowest BCUT2D eigenvalue weighted by Crippen LogP contribution is -2.53. The Hall–Kier alpha value is -4.18. The van der Waals surface area contributed by atoms with Crippen LogP contribution in [-0.2, 0) is 11.3 Å². The number of hydrogen-bond acceptors (Lipinski definition) is 9. The second-order valence-electron chi connectivity index (χ2n) is 9.91. The molecule has 11 nitrogen and oxygen atoms in total. The van der Waals surface area contributed by atoms with Gasteiger partial charge in [-0.2, -0.15) is 5.26 Å². The van der Waals surface area contributed by atoms with Gasteiger partial charge in [0, 0.05) is 42.6 Å². The van der Waals surface area contributed by atoms with Crippen LogP contribution in [0.25, 0.3) is 0 Å². The first kappa shape index (κ1) is 28.4. The first-order valence-corrected chi connectivity index (χ1v) is 13.0. The van der Waals surface area contributed by atoms with E-state index in [4.69, 9.17) is 23.2 Å². The van der Waals surface area contributed by atoms with Crippen LogP contribution < -0.4 is 15.2 Å². The van der Waals surface area contributed by atoms with Crippen LogP contribution >= 0.6 is 23.2 Å². The summed E-state index contributed by atoms with van der Waals surface area (Å²) in [4.78, 5) is 43.6. The number of nitrogens with zero attached hydrogens (tertiary/aromatic N) is 5. The molecule has 0 radical (unpaired) electrons. The molecule has 2 fully saturated rings. The number of imide groups is 1. The number of nitriles is 1. The molecule has 1 spiro atoms. The standard InChI is InChI=1S/C28H23Cl2N5O6/c1-32-27(39)34(22-10-20(29)9-21(30)11-22)26(38)28(32)15-33(14-23(28)17-4-2-16(12-31)3-5-17)13-19-7-6-18(25(36)37)8-24(19)35(40)41/h2-11,23,40-41H,13-15H2,1H3,(H,36,37)/p-1/t23-,28+/m0/s1. The molecule has 0 aromatic heterocycles. The van der Waals surface area contributed by atoms with Crippen molar-refractivity contribution in [2.45, 2.75) is 18.0 Å². The van der Waals surface area contributed by atoms with E-state index in [1.165, 1.54) is 42.3 Å². The predicted octanol–water partition coefficient (Wildman–Crippen LogP) is 3.25. The number of hydrogen-bond donors (Lipinski definition) is 2. The van der Waals surface area contributed by atoms with Crippen LogP contribution in [-0.4, -0.2) is 63.8 Å². The van der Waals surface area contributed by atoms with Crippen LogP contribution in [0.4, 0.5) is 16.2 Å². The fourth-order valence-electron chi connectivity index (χ4n) is 5.67. The van der Waals surface area contributed by atoms with E-state index < -0.39 is 29.4 Å². The summed E-state index contributed by atoms with van der Waals surface area (Å²) in [7, 11) is 1.54. The van der Waals surface area contributed by atoms with E-state index in [1.807, 2.05) is 4.90 Å². The molecule has 210 valence electrons. The third kappa shape index (κ3) is 4.86. The van der Waals surface area contributed by atoms with Crippen LogP contribution in [0.1, 0.15) is 33.0 Å². The molecule has 2 atom stereocenters. The number of aromatic carboxylic acids is 1. The lowest BCUT2D eigenvalue weighted by molar-refractivity contribution is -0.255. The minimum Gasteiger partial charge on any atom is -0.545 e. The molecule has 3 amide bonds. The average Bonchev–Trinajstić information content (AvgIpc) is 3.39. The molecule has 13 heteroatoms. The Balaban J connectivity index is 1.58. The van der Waals surface area contributed by atoms with Crippen molar-refractivity contribution in [1.29, 1.82) is 5.26 Å². The normalized spacial score (nSPS) is 20.6. The van der Waals surface area contributed by atoms with Crippen molar-refractivity contribution >= 4 is 52.5 Å². The van der Waals surface area contributed by atoms with Crippen LogP contribution in [0, 0.1) is 11.3 Å². The van der Waals surface area contributed by atoms with Gasteiger partial charge in [-0.05, 0) is 53.1 Å². The Morgan fingerprint density at radius 1 is 1.10 bits per heavy atom. The number of benzene rings is 3. The Morgan fingerprint density at radius 2 is 1.76 bits per heavy atom. The molecule has 3 aromatic carbocycles. The molecule has 0 unspecified atom stereocenters. The SMILES string of the molecule is CN1C(=O)N(c2cc(Cl)cc(Cl)c2)C(=O)[C@]12CN(Cc1ccc(C(=O)[O-])cc1N(O)O)C[C@H]2c1ccc(C#N)cc1. The highest BCUT2D eigenvalue weighted by atomic mass is 35.5. The molecular weight excluding hydrogens is 573 g/mol. The van der Waals surface area contributed by atoms with Gasteiger partial charge in [0.15, 0.2) is 0 Å². The molecule has 2 N–H and O–H groups in total. The summed E-state index contributed by atoms with van der Waals surface area (Å²) in [6.07, 6.45) is 0. The maximum Gasteiger partial charge on any atom is 0.332 e. The van der Waals surface area contributed by atoms with Gasteiger partial charge in [-0.3, -0.25) is 20.1 Å². The molecular formula is C28H22Cl2N5O6-. The zero-order chi connectivity index (χ0) is 29.6. The Kier molecular flexibility index (Phi) is 7.37. The number of anilines is 2. The quantitative estimate of drug-likeness (QED) is 0.323. The maximum atomic E-state index is 14.3. The molecule has 0 bridgehead atoms. The maximum absolute atomic E-state index is 14.3. The van der Waals surface area contributed by atoms with Crippen LogP contribution in [0.5, 0.6) is 0 Å². The summed E-state index contributed by atoms with van der Waals surface area (Å²) in [6, 6.07) is 16.4. The van der Waals surface area contributed by atoms with Crippen molar-refractivity contribution in [1.82, 2.24) is 9.80 Å². The number of carboxylic acids is 1. The minimum absolute atomic E-state index is 0.0576. The van der Waals surface area contributed by atoms with E-state index in [2.05, 4.69) is 6.07 Å². The largest absolute Gasteiger partial charge is 0.545 e. The van der Waals surface area contributed by atoms with Crippen molar-refractivity contribution < 1.29 is 29.9 Å². The van der Waals surface area contributed by atoms with Gasteiger partial charge in [0.2, 0.25) is 0 Å². The number of urea groups is 1. The third-order valence-corrected chi connectivity index (χ3v) is 8.05. The Labute approximate surface area is 244 Å². The highest BCUT2D eigenvalue weighted by molar-refractivity contribution is 6.35. The highest BCUT2D eigenvalue weighted by Gasteiger charge is 2.64. The van der Waals surface area contributed by atoms with E-state index >= 15 is 0 Å². The summed E-state index contributed by atoms with van der Waals surface area (Å²) in [5.74, 6) is -2.54. The van der Waals surface area contributed by atoms with Gasteiger partial charge in [0.1, 0.15) is 5.54 Å². The van der Waals surface area contributed by atoms with E-state index in [0.717, 1.165) is 11.0 Å². The van der Waals surface area contributed by atoms with Crippen molar-refractivity contribution in [2.24, 2.45) is 0 Å². The topological polar surface area (TPSA) is 151 Å². The van der Waals surface area contributed by atoms with Crippen LogP contribution in [0.3, 0.4) is 0 Å². The van der Waals surface area contributed by atoms with Crippen molar-refractivity contribution in [3.63, 3.8) is 0 Å². The van der Waals surface area contributed by atoms with E-state index in [9.17, 15) is 35.2 Å². The number of likely N-dealkylation sites (tertiary alicyclic amines) is 1. The smallest absolute Gasteiger partial charge is 0.332 e. The number of rotatable bonds is 6. The Morgan fingerprint density at radius 3 is 2.34 bits per heavy atom. The van der Waals surface area contributed by atoms with E-state index in [0.29, 0.717) is 16.7 Å². The number of carboxylic acid groups (broad SMARTS) is 1. The number of amides is 3. The first-order chi connectivity index (χ1) is 19.5. The van der Waals surface area contributed by atoms with Gasteiger partial charge in [-0.1, -0.05) is 47.5 Å². The second kappa shape index (κ2) is 10.7. The molecule has 2 aliphatic heterocycles. The van der Waals surface area contributed by atoms with E-state index in [-0.39, 0.29) is 51.8 Å². The zero-order valence-electron chi connectivity index (χ0n) is 21.5. The molecule has 5 rings (SSSR count). The number of carbonyl (C=O) groups is 3. The number of halogens is 2. The summed E-state index contributed by atoms with van der Waals surface area (Å²) in [5.41, 5.74) is -0.105. The van der Waals surface area contributed by atoms with Crippen LogP contribution in [0.2, 0.25) is 10.0 Å². The molecule has 2 aliphatic rings. The summed E-state index contributed by atoms with van der Waals surface area (Å²) in [6.45, 7) is 0.396. The monoisotopic (exact) mass is 594 g/mol. The predicted molar refractivity (Wildman–Crippen MR) is 146 cm³/mol. The van der Waals surface area contributed by atoms with Crippen molar-refractivity contribution in [3.05, 3.63) is 93.0 Å². The minimum atomic E-state index is -1.49. The van der Waals surface area contributed by atoms with Crippen molar-refractivity contribution in [3.8, 4) is 6.07 Å². The fraction of sp³-hybridized carbons (Fsp3) is 0.214. The summed E-state index contributed by atoms with van der Waals surface area (Å²) >= 11 is 12.4. The molecule has 2 heterocycles. The number of carbonyl (C=O) groups excluding carboxylic acids is 3. The third-order valence-electron chi connectivity index (χ3n) is 7.61. The average molecular weight is 595 g/mol. The molecule has 41 heavy (non-hydrogen) atoms. The van der Waals surface area contributed by atoms with Gasteiger partial charge >= 0.3 is 6.03 Å². The van der Waals surface area contributed by atoms with E-state index in [1.54, 1.807) is 24.3 Å². The number of likely N-dealkylation sites (N-methyl/N-ethyl adjacent to an activating group) is 1. The summed E-state index contributed by atoms with van der Waals surface area (Å²) in [5, 5.41) is 40.5. The lowest BCUT2D eigenvalue weighted by Gasteiger charge is -2.34. The molecule has 0 aliphatic carbocycles.